The number of rotatable bonds is 3. The molecule has 0 aliphatic carbocycles. The number of nitrogens with one attached hydrogen (secondary N) is 1. The number of hydrogen-bond donors (Lipinski definition) is 1. The van der Waals surface area contributed by atoms with E-state index in [9.17, 15) is 14.4 Å². The lowest BCUT2D eigenvalue weighted by molar-refractivity contribution is -0.136. The van der Waals surface area contributed by atoms with Gasteiger partial charge in [-0.1, -0.05) is 6.07 Å². The molecule has 0 bridgehead atoms. The number of imide groups is 1. The van der Waals surface area contributed by atoms with Crippen molar-refractivity contribution in [3.8, 4) is 0 Å². The van der Waals surface area contributed by atoms with E-state index >= 15 is 0 Å². The number of hydrogen-bond acceptors (Lipinski definition) is 5. The first-order chi connectivity index (χ1) is 13.0. The lowest BCUT2D eigenvalue weighted by atomic mass is 10.0. The van der Waals surface area contributed by atoms with Crippen LogP contribution in [0.2, 0.25) is 0 Å². The Morgan fingerprint density at radius 3 is 2.48 bits per heavy atom. The molecule has 4 rings (SSSR count). The monoisotopic (exact) mass is 370 g/mol. The Hall–Kier alpha value is -2.41. The number of anilines is 1. The largest absolute Gasteiger partial charge is 0.369 e. The highest BCUT2D eigenvalue weighted by molar-refractivity contribution is 6.06. The Balaban J connectivity index is 1.55. The van der Waals surface area contributed by atoms with Crippen molar-refractivity contribution in [1.82, 2.24) is 15.1 Å². The number of amides is 3. The summed E-state index contributed by atoms with van der Waals surface area (Å²) in [6, 6.07) is 5.82. The van der Waals surface area contributed by atoms with Gasteiger partial charge in [0.15, 0.2) is 0 Å². The molecule has 1 atom stereocenters. The second kappa shape index (κ2) is 6.96. The van der Waals surface area contributed by atoms with Gasteiger partial charge in [-0.25, -0.2) is 0 Å². The number of piperazine rings is 1. The highest BCUT2D eigenvalue weighted by atomic mass is 16.2. The first-order valence-electron chi connectivity index (χ1n) is 9.71. The summed E-state index contributed by atoms with van der Waals surface area (Å²) in [6.45, 7) is 8.74. The van der Waals surface area contributed by atoms with E-state index < -0.39 is 6.04 Å². The summed E-state index contributed by atoms with van der Waals surface area (Å²) in [5.74, 6) is -0.731. The van der Waals surface area contributed by atoms with Gasteiger partial charge in [-0.2, -0.15) is 0 Å². The molecule has 0 saturated carbocycles. The molecule has 1 unspecified atom stereocenters. The van der Waals surface area contributed by atoms with Crippen LogP contribution >= 0.6 is 0 Å². The number of fused-ring (bicyclic) bond motifs is 1. The van der Waals surface area contributed by atoms with Crippen molar-refractivity contribution in [1.29, 1.82) is 0 Å². The van der Waals surface area contributed by atoms with Crippen LogP contribution in [-0.4, -0.2) is 65.8 Å². The van der Waals surface area contributed by atoms with Crippen molar-refractivity contribution < 1.29 is 14.4 Å². The highest BCUT2D eigenvalue weighted by Gasteiger charge is 2.40. The molecule has 0 aromatic heterocycles. The fraction of sp³-hybridized carbons (Fsp3) is 0.550. The van der Waals surface area contributed by atoms with Crippen LogP contribution in [0.4, 0.5) is 5.69 Å². The molecule has 144 valence electrons. The van der Waals surface area contributed by atoms with E-state index in [1.165, 1.54) is 0 Å². The number of nitrogens with zero attached hydrogens (tertiary/aromatic N) is 3. The SMILES string of the molecule is CC(C)N1CCN(c2cccc3c2CN(C2CCC(=O)NC2=O)C3=O)CC1. The summed E-state index contributed by atoms with van der Waals surface area (Å²) in [7, 11) is 0. The molecular formula is C20H26N4O3. The van der Waals surface area contributed by atoms with Gasteiger partial charge in [-0.05, 0) is 32.4 Å². The Morgan fingerprint density at radius 1 is 1.07 bits per heavy atom. The van der Waals surface area contributed by atoms with Gasteiger partial charge in [0.05, 0.1) is 0 Å². The minimum absolute atomic E-state index is 0.109. The Morgan fingerprint density at radius 2 is 1.81 bits per heavy atom. The van der Waals surface area contributed by atoms with Crippen LogP contribution in [0.3, 0.4) is 0 Å². The summed E-state index contributed by atoms with van der Waals surface area (Å²) in [6.07, 6.45) is 0.674. The van der Waals surface area contributed by atoms with Gasteiger partial charge in [0, 0.05) is 62.0 Å². The molecular weight excluding hydrogens is 344 g/mol. The molecule has 1 N–H and O–H groups in total. The van der Waals surface area contributed by atoms with Gasteiger partial charge in [0.1, 0.15) is 6.04 Å². The van der Waals surface area contributed by atoms with Gasteiger partial charge in [0.25, 0.3) is 5.91 Å². The third-order valence-electron chi connectivity index (χ3n) is 5.94. The quantitative estimate of drug-likeness (QED) is 0.803. The van der Waals surface area contributed by atoms with Crippen molar-refractivity contribution >= 4 is 23.4 Å². The highest BCUT2D eigenvalue weighted by Crippen LogP contribution is 2.34. The maximum Gasteiger partial charge on any atom is 0.255 e. The van der Waals surface area contributed by atoms with E-state index in [4.69, 9.17) is 0 Å². The zero-order valence-corrected chi connectivity index (χ0v) is 15.9. The summed E-state index contributed by atoms with van der Waals surface area (Å²) < 4.78 is 0. The lowest BCUT2D eigenvalue weighted by Gasteiger charge is -2.38. The number of piperidine rings is 1. The van der Waals surface area contributed by atoms with Crippen LogP contribution in [0.5, 0.6) is 0 Å². The summed E-state index contributed by atoms with van der Waals surface area (Å²) in [5.41, 5.74) is 2.78. The average Bonchev–Trinajstić information content (AvgIpc) is 2.98. The van der Waals surface area contributed by atoms with Gasteiger partial charge >= 0.3 is 0 Å². The smallest absolute Gasteiger partial charge is 0.255 e. The van der Waals surface area contributed by atoms with Gasteiger partial charge in [-0.15, -0.1) is 0 Å². The van der Waals surface area contributed by atoms with Crippen LogP contribution in [0, 0.1) is 0 Å². The standard InChI is InChI=1S/C20H26N4O3/c1-13(2)22-8-10-23(11-9-22)16-5-3-4-14-15(16)12-24(20(14)27)17-6-7-18(25)21-19(17)26/h3-5,13,17H,6-12H2,1-2H3,(H,21,25,26). The number of carbonyl (C=O) groups is 3. The molecule has 2 fully saturated rings. The molecule has 7 nitrogen and oxygen atoms in total. The summed E-state index contributed by atoms with van der Waals surface area (Å²) >= 11 is 0. The van der Waals surface area contributed by atoms with Crippen LogP contribution in [0.15, 0.2) is 18.2 Å². The second-order valence-electron chi connectivity index (χ2n) is 7.82. The Bertz CT molecular complexity index is 783. The number of benzene rings is 1. The molecule has 1 aromatic carbocycles. The van der Waals surface area contributed by atoms with Crippen molar-refractivity contribution in [2.75, 3.05) is 31.1 Å². The van der Waals surface area contributed by atoms with Crippen LogP contribution < -0.4 is 10.2 Å². The van der Waals surface area contributed by atoms with Crippen LogP contribution in [-0.2, 0) is 16.1 Å². The van der Waals surface area contributed by atoms with Crippen LogP contribution in [0.25, 0.3) is 0 Å². The zero-order valence-electron chi connectivity index (χ0n) is 15.9. The van der Waals surface area contributed by atoms with Crippen LogP contribution in [0.1, 0.15) is 42.6 Å². The predicted octanol–water partition coefficient (Wildman–Crippen LogP) is 0.978. The van der Waals surface area contributed by atoms with E-state index in [0.717, 1.165) is 37.4 Å². The predicted molar refractivity (Wildman–Crippen MR) is 101 cm³/mol. The van der Waals surface area contributed by atoms with Gasteiger partial charge in [-0.3, -0.25) is 24.6 Å². The lowest BCUT2D eigenvalue weighted by Crippen LogP contribution is -2.52. The molecule has 3 heterocycles. The second-order valence-corrected chi connectivity index (χ2v) is 7.82. The van der Waals surface area contributed by atoms with Gasteiger partial charge in [0.2, 0.25) is 11.8 Å². The fourth-order valence-electron chi connectivity index (χ4n) is 4.34. The van der Waals surface area contributed by atoms with E-state index in [1.54, 1.807) is 4.90 Å². The van der Waals surface area contributed by atoms with E-state index in [1.807, 2.05) is 12.1 Å². The molecule has 27 heavy (non-hydrogen) atoms. The minimum atomic E-state index is -0.562. The maximum absolute atomic E-state index is 12.9. The average molecular weight is 370 g/mol. The minimum Gasteiger partial charge on any atom is -0.369 e. The molecule has 3 aliphatic heterocycles. The molecule has 7 heteroatoms. The Labute approximate surface area is 159 Å². The normalized spacial score (nSPS) is 23.8. The van der Waals surface area contributed by atoms with Crippen molar-refractivity contribution in [2.24, 2.45) is 0 Å². The summed E-state index contributed by atoms with van der Waals surface area (Å²) in [5, 5.41) is 2.36. The van der Waals surface area contributed by atoms with E-state index in [0.29, 0.717) is 24.6 Å². The molecule has 1 aromatic rings. The Kier molecular flexibility index (Phi) is 4.63. The fourth-order valence-corrected chi connectivity index (χ4v) is 4.34. The molecule has 0 radical (unpaired) electrons. The first kappa shape index (κ1) is 18.0. The summed E-state index contributed by atoms with van der Waals surface area (Å²) in [4.78, 5) is 43.0. The van der Waals surface area contributed by atoms with Crippen molar-refractivity contribution in [3.63, 3.8) is 0 Å². The molecule has 3 amide bonds. The first-order valence-corrected chi connectivity index (χ1v) is 9.71. The van der Waals surface area contributed by atoms with Crippen molar-refractivity contribution in [2.45, 2.75) is 45.3 Å². The zero-order chi connectivity index (χ0) is 19.1. The number of carbonyl (C=O) groups excluding carboxylic acids is 3. The third-order valence-corrected chi connectivity index (χ3v) is 5.94. The third kappa shape index (κ3) is 3.20. The maximum atomic E-state index is 12.9. The van der Waals surface area contributed by atoms with Crippen molar-refractivity contribution in [3.05, 3.63) is 29.3 Å². The molecule has 3 aliphatic rings. The molecule has 0 spiro atoms. The van der Waals surface area contributed by atoms with E-state index in [-0.39, 0.29) is 24.1 Å². The van der Waals surface area contributed by atoms with E-state index in [2.05, 4.69) is 35.0 Å². The molecule has 2 saturated heterocycles. The van der Waals surface area contributed by atoms with Gasteiger partial charge < -0.3 is 9.80 Å². The topological polar surface area (TPSA) is 73.0 Å².